The highest BCUT2D eigenvalue weighted by atomic mass is 32.2. The van der Waals surface area contributed by atoms with Gasteiger partial charge in [0.15, 0.2) is 14.6 Å². The number of sulfone groups is 1. The maximum Gasteiger partial charge on any atom is 0.280 e. The van der Waals surface area contributed by atoms with E-state index < -0.39 is 15.7 Å². The smallest absolute Gasteiger partial charge is 0.280 e. The molecule has 1 amide bonds. The molecule has 0 saturated heterocycles. The fourth-order valence-corrected chi connectivity index (χ4v) is 5.00. The first-order valence-electron chi connectivity index (χ1n) is 8.36. The first-order chi connectivity index (χ1) is 12.4. The number of amides is 1. The van der Waals surface area contributed by atoms with Crippen molar-refractivity contribution in [1.29, 1.82) is 0 Å². The van der Waals surface area contributed by atoms with Crippen LogP contribution >= 0.6 is 11.3 Å². The number of aryl methyl sites for hydroxylation is 2. The molecule has 7 heteroatoms. The summed E-state index contributed by atoms with van der Waals surface area (Å²) >= 11 is 1.44. The van der Waals surface area contributed by atoms with E-state index in [2.05, 4.69) is 18.0 Å². The Morgan fingerprint density at radius 1 is 1.12 bits per heavy atom. The van der Waals surface area contributed by atoms with Crippen LogP contribution in [-0.2, 0) is 22.8 Å². The summed E-state index contributed by atoms with van der Waals surface area (Å²) in [5.41, 5.74) is 2.39. The van der Waals surface area contributed by atoms with Crippen LogP contribution in [0, 0.1) is 0 Å². The molecule has 0 N–H and O–H groups in total. The van der Waals surface area contributed by atoms with E-state index in [1.54, 1.807) is 12.1 Å². The van der Waals surface area contributed by atoms with Gasteiger partial charge in [0.2, 0.25) is 0 Å². The third-order valence-corrected chi connectivity index (χ3v) is 6.39. The SMILES string of the molecule is CCc1cccc2sc(=NC(=O)c3ccccc3S(C)(=O)=O)n(CC)c12. The Balaban J connectivity index is 2.22. The molecule has 0 bridgehead atoms. The summed E-state index contributed by atoms with van der Waals surface area (Å²) < 4.78 is 27.0. The number of nitrogens with zero attached hydrogens (tertiary/aromatic N) is 2. The Labute approximate surface area is 156 Å². The van der Waals surface area contributed by atoms with Crippen molar-refractivity contribution < 1.29 is 13.2 Å². The van der Waals surface area contributed by atoms with Crippen LogP contribution < -0.4 is 4.80 Å². The van der Waals surface area contributed by atoms with Gasteiger partial charge >= 0.3 is 0 Å². The first kappa shape index (κ1) is 18.5. The minimum atomic E-state index is -3.51. The molecule has 0 spiro atoms. The molecular weight excluding hydrogens is 368 g/mol. The lowest BCUT2D eigenvalue weighted by molar-refractivity contribution is 0.0994. The summed E-state index contributed by atoms with van der Waals surface area (Å²) in [6.45, 7) is 4.78. The van der Waals surface area contributed by atoms with Crippen LogP contribution in [0.15, 0.2) is 52.4 Å². The van der Waals surface area contributed by atoms with E-state index in [1.165, 1.54) is 29.0 Å². The molecule has 26 heavy (non-hydrogen) atoms. The summed E-state index contributed by atoms with van der Waals surface area (Å²) in [5.74, 6) is -0.544. The predicted molar refractivity (Wildman–Crippen MR) is 104 cm³/mol. The number of rotatable bonds is 4. The number of carbonyl (C=O) groups is 1. The standard InChI is InChI=1S/C19H20N2O3S2/c1-4-13-9-8-11-15-17(13)21(5-2)19(25-15)20-18(22)14-10-6-7-12-16(14)26(3,23)24/h6-12H,4-5H2,1-3H3. The van der Waals surface area contributed by atoms with Gasteiger partial charge in [-0.15, -0.1) is 0 Å². The number of aromatic nitrogens is 1. The second-order valence-corrected chi connectivity index (χ2v) is 8.92. The summed E-state index contributed by atoms with van der Waals surface area (Å²) in [5, 5.41) is 0. The van der Waals surface area contributed by atoms with E-state index in [0.717, 1.165) is 22.9 Å². The number of hydrogen-bond donors (Lipinski definition) is 0. The van der Waals surface area contributed by atoms with Crippen molar-refractivity contribution in [1.82, 2.24) is 4.57 Å². The Kier molecular flexibility index (Phi) is 5.11. The number of para-hydroxylation sites is 1. The van der Waals surface area contributed by atoms with Crippen LogP contribution in [0.1, 0.15) is 29.8 Å². The van der Waals surface area contributed by atoms with Gasteiger partial charge in [-0.3, -0.25) is 4.79 Å². The lowest BCUT2D eigenvalue weighted by Crippen LogP contribution is -2.17. The number of carbonyl (C=O) groups excluding carboxylic acids is 1. The van der Waals surface area contributed by atoms with Crippen LogP contribution in [0.2, 0.25) is 0 Å². The van der Waals surface area contributed by atoms with E-state index in [0.29, 0.717) is 11.3 Å². The monoisotopic (exact) mass is 388 g/mol. The Bertz CT molecular complexity index is 1150. The lowest BCUT2D eigenvalue weighted by atomic mass is 10.1. The number of fused-ring (bicyclic) bond motifs is 1. The number of benzene rings is 2. The van der Waals surface area contributed by atoms with Crippen LogP contribution in [0.25, 0.3) is 10.2 Å². The van der Waals surface area contributed by atoms with Crippen LogP contribution in [0.5, 0.6) is 0 Å². The van der Waals surface area contributed by atoms with Crippen molar-refractivity contribution in [3.8, 4) is 0 Å². The maximum atomic E-state index is 12.7. The predicted octanol–water partition coefficient (Wildman–Crippen LogP) is 3.43. The van der Waals surface area contributed by atoms with Gasteiger partial charge in [-0.2, -0.15) is 4.99 Å². The highest BCUT2D eigenvalue weighted by Crippen LogP contribution is 2.22. The fraction of sp³-hybridized carbons (Fsp3) is 0.263. The largest absolute Gasteiger partial charge is 0.316 e. The molecule has 3 aromatic rings. The molecule has 0 atom stereocenters. The van der Waals surface area contributed by atoms with E-state index >= 15 is 0 Å². The molecular formula is C19H20N2O3S2. The molecule has 0 aliphatic carbocycles. The highest BCUT2D eigenvalue weighted by molar-refractivity contribution is 7.90. The number of hydrogen-bond acceptors (Lipinski definition) is 4. The molecule has 0 aliphatic heterocycles. The van der Waals surface area contributed by atoms with Gasteiger partial charge < -0.3 is 4.57 Å². The van der Waals surface area contributed by atoms with Gasteiger partial charge in [-0.25, -0.2) is 8.42 Å². The molecule has 0 saturated carbocycles. The minimum absolute atomic E-state index is 0.00663. The van der Waals surface area contributed by atoms with Crippen LogP contribution in [0.4, 0.5) is 0 Å². The van der Waals surface area contributed by atoms with Crippen LogP contribution in [0.3, 0.4) is 0 Å². The van der Waals surface area contributed by atoms with E-state index in [9.17, 15) is 13.2 Å². The molecule has 2 aromatic carbocycles. The van der Waals surface area contributed by atoms with E-state index in [4.69, 9.17) is 0 Å². The van der Waals surface area contributed by atoms with E-state index in [1.807, 2.05) is 23.6 Å². The molecule has 3 rings (SSSR count). The van der Waals surface area contributed by atoms with Crippen molar-refractivity contribution in [2.75, 3.05) is 6.26 Å². The zero-order valence-electron chi connectivity index (χ0n) is 14.9. The third kappa shape index (κ3) is 3.37. The minimum Gasteiger partial charge on any atom is -0.316 e. The quantitative estimate of drug-likeness (QED) is 0.688. The van der Waals surface area contributed by atoms with Gasteiger partial charge in [-0.05, 0) is 37.1 Å². The fourth-order valence-electron chi connectivity index (χ4n) is 2.98. The number of thiazole rings is 1. The summed E-state index contributed by atoms with van der Waals surface area (Å²) in [7, 11) is -3.51. The molecule has 1 aromatic heterocycles. The van der Waals surface area contributed by atoms with Gasteiger partial charge in [0.1, 0.15) is 0 Å². The third-order valence-electron chi connectivity index (χ3n) is 4.20. The van der Waals surface area contributed by atoms with Crippen molar-refractivity contribution >= 4 is 37.3 Å². The topological polar surface area (TPSA) is 68.5 Å². The normalized spacial score (nSPS) is 12.7. The zero-order chi connectivity index (χ0) is 18.9. The van der Waals surface area contributed by atoms with Gasteiger partial charge in [0.25, 0.3) is 5.91 Å². The molecule has 5 nitrogen and oxygen atoms in total. The van der Waals surface area contributed by atoms with Gasteiger partial charge in [-0.1, -0.05) is 42.5 Å². The van der Waals surface area contributed by atoms with Gasteiger partial charge in [0.05, 0.1) is 20.7 Å². The Hall–Kier alpha value is -2.25. The van der Waals surface area contributed by atoms with Crippen molar-refractivity contribution in [2.45, 2.75) is 31.7 Å². The molecule has 136 valence electrons. The summed E-state index contributed by atoms with van der Waals surface area (Å²) in [6, 6.07) is 12.3. The maximum absolute atomic E-state index is 12.7. The molecule has 0 fully saturated rings. The average molecular weight is 389 g/mol. The molecule has 0 aliphatic rings. The zero-order valence-corrected chi connectivity index (χ0v) is 16.5. The Morgan fingerprint density at radius 3 is 2.50 bits per heavy atom. The first-order valence-corrected chi connectivity index (χ1v) is 11.1. The summed E-state index contributed by atoms with van der Waals surface area (Å²) in [6.07, 6.45) is 1.98. The highest BCUT2D eigenvalue weighted by Gasteiger charge is 2.18. The lowest BCUT2D eigenvalue weighted by Gasteiger charge is -2.06. The molecule has 0 radical (unpaired) electrons. The van der Waals surface area contributed by atoms with Crippen LogP contribution in [-0.4, -0.2) is 25.1 Å². The van der Waals surface area contributed by atoms with Crippen molar-refractivity contribution in [2.24, 2.45) is 4.99 Å². The van der Waals surface area contributed by atoms with Crippen molar-refractivity contribution in [3.05, 3.63) is 58.4 Å². The molecule has 1 heterocycles. The summed E-state index contributed by atoms with van der Waals surface area (Å²) in [4.78, 5) is 17.6. The second-order valence-electron chi connectivity index (χ2n) is 5.93. The van der Waals surface area contributed by atoms with Gasteiger partial charge in [0, 0.05) is 12.8 Å². The molecule has 0 unspecified atom stereocenters. The average Bonchev–Trinajstić information content (AvgIpc) is 2.97. The van der Waals surface area contributed by atoms with E-state index in [-0.39, 0.29) is 10.5 Å². The van der Waals surface area contributed by atoms with Crippen molar-refractivity contribution in [3.63, 3.8) is 0 Å². The second kappa shape index (κ2) is 7.17. The Morgan fingerprint density at radius 2 is 1.85 bits per heavy atom.